The number of hydrogen-bond donors (Lipinski definition) is 2. The average molecular weight is 444 g/mol. The molecule has 0 amide bonds. The highest BCUT2D eigenvalue weighted by Gasteiger charge is 2.05. The minimum absolute atomic E-state index is 0.426. The summed E-state index contributed by atoms with van der Waals surface area (Å²) in [5, 5.41) is 5.24. The number of nitrogens with two attached hydrogens (primary N) is 1. The predicted octanol–water partition coefficient (Wildman–Crippen LogP) is 5.56. The average Bonchev–Trinajstić information content (AvgIpc) is 2.84. The highest BCUT2D eigenvalue weighted by Crippen LogP contribution is 2.23. The van der Waals surface area contributed by atoms with Gasteiger partial charge in [-0.1, -0.05) is 60.1 Å². The molecule has 0 aliphatic carbocycles. The molecule has 162 valence electrons. The van der Waals surface area contributed by atoms with Gasteiger partial charge in [0.1, 0.15) is 12.4 Å². The Balaban J connectivity index is 1.46. The van der Waals surface area contributed by atoms with Crippen LogP contribution in [0.5, 0.6) is 5.75 Å². The molecule has 4 aromatic rings. The standard InChI is InChI=1S/C27H26ClN3O/c28-24-10-5-20(6-11-24)17-23(18-30-16-15-29)21-8-13-26(14-9-21)32-19-25-12-7-22-3-1-2-4-27(22)31-25/h1-14,17,30H,15-16,18-19,29H2. The first-order valence-corrected chi connectivity index (χ1v) is 11.0. The van der Waals surface area contributed by atoms with Gasteiger partial charge in [-0.2, -0.15) is 0 Å². The molecule has 0 aliphatic rings. The fourth-order valence-electron chi connectivity index (χ4n) is 3.43. The van der Waals surface area contributed by atoms with Crippen molar-refractivity contribution in [1.82, 2.24) is 10.3 Å². The predicted molar refractivity (Wildman–Crippen MR) is 134 cm³/mol. The minimum Gasteiger partial charge on any atom is -0.487 e. The number of nitrogens with zero attached hydrogens (tertiary/aromatic N) is 1. The number of hydrogen-bond acceptors (Lipinski definition) is 4. The summed E-state index contributed by atoms with van der Waals surface area (Å²) in [4.78, 5) is 4.67. The minimum atomic E-state index is 0.426. The Morgan fingerprint density at radius 2 is 1.72 bits per heavy atom. The molecule has 0 saturated heterocycles. The van der Waals surface area contributed by atoms with Gasteiger partial charge in [0.15, 0.2) is 0 Å². The molecule has 0 aliphatic heterocycles. The van der Waals surface area contributed by atoms with Crippen LogP contribution in [0.3, 0.4) is 0 Å². The lowest BCUT2D eigenvalue weighted by molar-refractivity contribution is 0.302. The van der Waals surface area contributed by atoms with Crippen LogP contribution in [0.2, 0.25) is 5.02 Å². The van der Waals surface area contributed by atoms with Gasteiger partial charge in [-0.05, 0) is 59.2 Å². The Morgan fingerprint density at radius 1 is 0.938 bits per heavy atom. The lowest BCUT2D eigenvalue weighted by atomic mass is 10.0. The van der Waals surface area contributed by atoms with Gasteiger partial charge in [0.05, 0.1) is 11.2 Å². The van der Waals surface area contributed by atoms with E-state index in [2.05, 4.69) is 40.6 Å². The van der Waals surface area contributed by atoms with Crippen LogP contribution in [-0.2, 0) is 6.61 Å². The van der Waals surface area contributed by atoms with Crippen molar-refractivity contribution < 1.29 is 4.74 Å². The summed E-state index contributed by atoms with van der Waals surface area (Å²) in [7, 11) is 0. The Bertz CT molecular complexity index is 1190. The topological polar surface area (TPSA) is 60.2 Å². The number of nitrogens with one attached hydrogen (secondary N) is 1. The second-order valence-electron chi connectivity index (χ2n) is 7.49. The lowest BCUT2D eigenvalue weighted by Crippen LogP contribution is -2.24. The van der Waals surface area contributed by atoms with Gasteiger partial charge in [0.25, 0.3) is 0 Å². The van der Waals surface area contributed by atoms with Crippen LogP contribution in [0.4, 0.5) is 0 Å². The molecule has 3 N–H and O–H groups in total. The summed E-state index contributed by atoms with van der Waals surface area (Å²) in [5.74, 6) is 0.810. The van der Waals surface area contributed by atoms with Crippen molar-refractivity contribution in [3.8, 4) is 5.75 Å². The van der Waals surface area contributed by atoms with Crippen LogP contribution >= 0.6 is 11.6 Å². The quantitative estimate of drug-likeness (QED) is 0.263. The summed E-state index contributed by atoms with van der Waals surface area (Å²) < 4.78 is 5.98. The van der Waals surface area contributed by atoms with Crippen LogP contribution < -0.4 is 15.8 Å². The van der Waals surface area contributed by atoms with E-state index in [1.165, 1.54) is 5.57 Å². The Kier molecular flexibility index (Phi) is 7.51. The third-order valence-electron chi connectivity index (χ3n) is 5.12. The Morgan fingerprint density at radius 3 is 2.50 bits per heavy atom. The third kappa shape index (κ3) is 5.95. The smallest absolute Gasteiger partial charge is 0.130 e. The summed E-state index contributed by atoms with van der Waals surface area (Å²) in [5.41, 5.74) is 10.9. The lowest BCUT2D eigenvalue weighted by Gasteiger charge is -2.12. The SMILES string of the molecule is NCCNCC(=Cc1ccc(Cl)cc1)c1ccc(OCc2ccc3ccccc3n2)cc1. The van der Waals surface area contributed by atoms with Crippen molar-refractivity contribution >= 4 is 34.2 Å². The van der Waals surface area contributed by atoms with Crippen molar-refractivity contribution in [2.24, 2.45) is 5.73 Å². The zero-order valence-electron chi connectivity index (χ0n) is 17.8. The molecule has 0 unspecified atom stereocenters. The van der Waals surface area contributed by atoms with E-state index in [4.69, 9.17) is 22.1 Å². The first-order valence-electron chi connectivity index (χ1n) is 10.7. The van der Waals surface area contributed by atoms with Crippen molar-refractivity contribution in [3.05, 3.63) is 107 Å². The molecule has 3 aromatic carbocycles. The number of rotatable bonds is 9. The van der Waals surface area contributed by atoms with Gasteiger partial charge < -0.3 is 15.8 Å². The Hall–Kier alpha value is -3.18. The fraction of sp³-hybridized carbons (Fsp3) is 0.148. The highest BCUT2D eigenvalue weighted by atomic mass is 35.5. The second-order valence-corrected chi connectivity index (χ2v) is 7.93. The molecule has 5 heteroatoms. The molecule has 0 saturated carbocycles. The highest BCUT2D eigenvalue weighted by molar-refractivity contribution is 6.30. The van der Waals surface area contributed by atoms with Crippen LogP contribution in [0, 0.1) is 0 Å². The first kappa shape index (κ1) is 22.0. The van der Waals surface area contributed by atoms with Crippen molar-refractivity contribution in [2.75, 3.05) is 19.6 Å². The normalized spacial score (nSPS) is 11.6. The summed E-state index contributed by atoms with van der Waals surface area (Å²) in [6.07, 6.45) is 2.16. The van der Waals surface area contributed by atoms with Gasteiger partial charge >= 0.3 is 0 Å². The summed E-state index contributed by atoms with van der Waals surface area (Å²) in [6, 6.07) is 28.1. The maximum Gasteiger partial charge on any atom is 0.130 e. The van der Waals surface area contributed by atoms with E-state index in [1.54, 1.807) is 0 Å². The molecule has 0 radical (unpaired) electrons. The number of halogens is 1. The van der Waals surface area contributed by atoms with E-state index in [0.717, 1.165) is 51.6 Å². The zero-order chi connectivity index (χ0) is 22.2. The van der Waals surface area contributed by atoms with Crippen molar-refractivity contribution in [2.45, 2.75) is 6.61 Å². The monoisotopic (exact) mass is 443 g/mol. The molecule has 0 atom stereocenters. The molecular weight excluding hydrogens is 418 g/mol. The van der Waals surface area contributed by atoms with Crippen LogP contribution in [0.15, 0.2) is 84.9 Å². The summed E-state index contributed by atoms with van der Waals surface area (Å²) in [6.45, 7) is 2.51. The summed E-state index contributed by atoms with van der Waals surface area (Å²) >= 11 is 6.02. The number of fused-ring (bicyclic) bond motifs is 1. The van der Waals surface area contributed by atoms with Gasteiger partial charge in [-0.3, -0.25) is 0 Å². The molecule has 32 heavy (non-hydrogen) atoms. The first-order chi connectivity index (χ1) is 15.7. The van der Waals surface area contributed by atoms with E-state index in [9.17, 15) is 0 Å². The largest absolute Gasteiger partial charge is 0.487 e. The molecule has 0 bridgehead atoms. The molecule has 0 fully saturated rings. The van der Waals surface area contributed by atoms with Crippen LogP contribution in [0.25, 0.3) is 22.6 Å². The van der Waals surface area contributed by atoms with Crippen molar-refractivity contribution in [1.29, 1.82) is 0 Å². The maximum atomic E-state index is 6.02. The van der Waals surface area contributed by atoms with Gasteiger partial charge in [0.2, 0.25) is 0 Å². The molecule has 4 rings (SSSR count). The number of benzene rings is 3. The molecule has 1 heterocycles. The number of ether oxygens (including phenoxy) is 1. The van der Waals surface area contributed by atoms with Gasteiger partial charge in [-0.25, -0.2) is 4.98 Å². The fourth-order valence-corrected chi connectivity index (χ4v) is 3.56. The van der Waals surface area contributed by atoms with Crippen molar-refractivity contribution in [3.63, 3.8) is 0 Å². The Labute approximate surface area is 193 Å². The maximum absolute atomic E-state index is 6.02. The number of para-hydroxylation sites is 1. The van der Waals surface area contributed by atoms with E-state index in [0.29, 0.717) is 13.2 Å². The molecule has 4 nitrogen and oxygen atoms in total. The van der Waals surface area contributed by atoms with E-state index < -0.39 is 0 Å². The molecule has 1 aromatic heterocycles. The third-order valence-corrected chi connectivity index (χ3v) is 5.37. The van der Waals surface area contributed by atoms with E-state index in [1.807, 2.05) is 60.7 Å². The zero-order valence-corrected chi connectivity index (χ0v) is 18.6. The van der Waals surface area contributed by atoms with Gasteiger partial charge in [-0.15, -0.1) is 0 Å². The van der Waals surface area contributed by atoms with E-state index in [-0.39, 0.29) is 0 Å². The molecule has 0 spiro atoms. The van der Waals surface area contributed by atoms with Crippen LogP contribution in [0.1, 0.15) is 16.8 Å². The van der Waals surface area contributed by atoms with E-state index >= 15 is 0 Å². The van der Waals surface area contributed by atoms with Gasteiger partial charge in [0, 0.05) is 30.0 Å². The number of aromatic nitrogens is 1. The van der Waals surface area contributed by atoms with Crippen LogP contribution in [-0.4, -0.2) is 24.6 Å². The second kappa shape index (κ2) is 10.9. The molecular formula is C27H26ClN3O. The number of pyridine rings is 1.